The van der Waals surface area contributed by atoms with Crippen LogP contribution in [0.3, 0.4) is 0 Å². The average Bonchev–Trinajstić information content (AvgIpc) is 2.60. The molecule has 0 unspecified atom stereocenters. The summed E-state index contributed by atoms with van der Waals surface area (Å²) in [5.74, 6) is 1.63. The highest BCUT2D eigenvalue weighted by Gasteiger charge is 2.24. The minimum atomic E-state index is -0.375. The molecular formula is C17H21N5O3. The maximum Gasteiger partial charge on any atom is 0.292 e. The Morgan fingerprint density at radius 2 is 1.80 bits per heavy atom. The maximum absolute atomic E-state index is 11.3. The first-order valence-corrected chi connectivity index (χ1v) is 8.18. The summed E-state index contributed by atoms with van der Waals surface area (Å²) in [5, 5.41) is 20.6. The first-order valence-electron chi connectivity index (χ1n) is 8.18. The molecule has 8 nitrogen and oxygen atoms in total. The third kappa shape index (κ3) is 3.69. The lowest BCUT2D eigenvalue weighted by molar-refractivity contribution is -0.384. The largest absolute Gasteiger partial charge is 0.392 e. The SMILES string of the molecule is Cc1cc(N2CCN(c3cc(CO)ccc3[N+](=O)[O-])CC2)nc(C)n1. The summed E-state index contributed by atoms with van der Waals surface area (Å²) in [7, 11) is 0. The van der Waals surface area contributed by atoms with Crippen molar-refractivity contribution in [2.24, 2.45) is 0 Å². The standard InChI is InChI=1S/C17H21N5O3/c1-12-9-17(19-13(2)18-12)21-7-5-20(6-8-21)16-10-14(11-23)3-4-15(16)22(24)25/h3-4,9-10,23H,5-8,11H2,1-2H3. The van der Waals surface area contributed by atoms with Gasteiger partial charge in [-0.2, -0.15) is 0 Å². The van der Waals surface area contributed by atoms with Crippen molar-refractivity contribution in [3.63, 3.8) is 0 Å². The van der Waals surface area contributed by atoms with E-state index < -0.39 is 0 Å². The lowest BCUT2D eigenvalue weighted by atomic mass is 10.1. The number of hydrogen-bond donors (Lipinski definition) is 1. The van der Waals surface area contributed by atoms with Crippen LogP contribution in [-0.2, 0) is 6.61 Å². The van der Waals surface area contributed by atoms with Crippen LogP contribution in [-0.4, -0.2) is 46.2 Å². The van der Waals surface area contributed by atoms with Gasteiger partial charge in [0.1, 0.15) is 17.3 Å². The average molecular weight is 343 g/mol. The van der Waals surface area contributed by atoms with Crippen molar-refractivity contribution < 1.29 is 10.0 Å². The fourth-order valence-corrected chi connectivity index (χ4v) is 3.11. The number of aromatic nitrogens is 2. The van der Waals surface area contributed by atoms with E-state index in [1.165, 1.54) is 6.07 Å². The summed E-state index contributed by atoms with van der Waals surface area (Å²) < 4.78 is 0. The third-order valence-electron chi connectivity index (χ3n) is 4.32. The number of aliphatic hydroxyl groups is 1. The van der Waals surface area contributed by atoms with Gasteiger partial charge in [-0.25, -0.2) is 9.97 Å². The topological polar surface area (TPSA) is 95.6 Å². The summed E-state index contributed by atoms with van der Waals surface area (Å²) in [6.07, 6.45) is 0. The molecule has 0 amide bonds. The molecule has 0 radical (unpaired) electrons. The number of rotatable bonds is 4. The Labute approximate surface area is 145 Å². The monoisotopic (exact) mass is 343 g/mol. The van der Waals surface area contributed by atoms with E-state index in [2.05, 4.69) is 14.9 Å². The van der Waals surface area contributed by atoms with Crippen LogP contribution in [0.25, 0.3) is 0 Å². The molecule has 2 aromatic rings. The van der Waals surface area contributed by atoms with Crippen LogP contribution < -0.4 is 9.80 Å². The van der Waals surface area contributed by atoms with Gasteiger partial charge in [0.2, 0.25) is 0 Å². The normalized spacial score (nSPS) is 14.7. The molecule has 0 bridgehead atoms. The minimum absolute atomic E-state index is 0.0689. The highest BCUT2D eigenvalue weighted by molar-refractivity contribution is 5.65. The van der Waals surface area contributed by atoms with E-state index in [-0.39, 0.29) is 17.2 Å². The zero-order valence-electron chi connectivity index (χ0n) is 14.3. The number of nitro groups is 1. The number of aryl methyl sites for hydroxylation is 2. The van der Waals surface area contributed by atoms with Crippen molar-refractivity contribution in [2.45, 2.75) is 20.5 Å². The number of benzene rings is 1. The van der Waals surface area contributed by atoms with Crippen LogP contribution in [0, 0.1) is 24.0 Å². The van der Waals surface area contributed by atoms with E-state index in [1.807, 2.05) is 24.8 Å². The highest BCUT2D eigenvalue weighted by Crippen LogP contribution is 2.30. The Kier molecular flexibility index (Phi) is 4.80. The molecule has 1 saturated heterocycles. The molecule has 1 aliphatic heterocycles. The van der Waals surface area contributed by atoms with Gasteiger partial charge in [0.05, 0.1) is 11.5 Å². The van der Waals surface area contributed by atoms with Gasteiger partial charge in [-0.3, -0.25) is 10.1 Å². The molecule has 2 heterocycles. The smallest absolute Gasteiger partial charge is 0.292 e. The molecular weight excluding hydrogens is 322 g/mol. The molecule has 1 N–H and O–H groups in total. The molecule has 0 aliphatic carbocycles. The molecule has 8 heteroatoms. The Morgan fingerprint density at radius 1 is 1.12 bits per heavy atom. The van der Waals surface area contributed by atoms with E-state index in [0.29, 0.717) is 24.3 Å². The molecule has 1 fully saturated rings. The molecule has 0 spiro atoms. The van der Waals surface area contributed by atoms with E-state index >= 15 is 0 Å². The number of hydrogen-bond acceptors (Lipinski definition) is 7. The van der Waals surface area contributed by atoms with Crippen LogP contribution in [0.15, 0.2) is 24.3 Å². The second kappa shape index (κ2) is 7.02. The summed E-state index contributed by atoms with van der Waals surface area (Å²) in [4.78, 5) is 23.9. The second-order valence-electron chi connectivity index (χ2n) is 6.13. The molecule has 1 aromatic heterocycles. The first-order chi connectivity index (χ1) is 12.0. The first kappa shape index (κ1) is 17.1. The number of aliphatic hydroxyl groups excluding tert-OH is 1. The quantitative estimate of drug-likeness (QED) is 0.668. The summed E-state index contributed by atoms with van der Waals surface area (Å²) in [6.45, 7) is 6.42. The Bertz CT molecular complexity index is 768. The van der Waals surface area contributed by atoms with E-state index in [1.54, 1.807) is 12.1 Å². The van der Waals surface area contributed by atoms with Crippen LogP contribution in [0.4, 0.5) is 17.2 Å². The zero-order chi connectivity index (χ0) is 18.0. The summed E-state index contributed by atoms with van der Waals surface area (Å²) in [5.41, 5.74) is 2.23. The van der Waals surface area contributed by atoms with Gasteiger partial charge < -0.3 is 14.9 Å². The van der Waals surface area contributed by atoms with Gasteiger partial charge in [0, 0.05) is 44.0 Å². The number of piperazine rings is 1. The van der Waals surface area contributed by atoms with Gasteiger partial charge in [0.15, 0.2) is 0 Å². The van der Waals surface area contributed by atoms with Crippen molar-refractivity contribution in [2.75, 3.05) is 36.0 Å². The fourth-order valence-electron chi connectivity index (χ4n) is 3.11. The Morgan fingerprint density at radius 3 is 2.40 bits per heavy atom. The number of nitro benzene ring substituents is 1. The van der Waals surface area contributed by atoms with Crippen molar-refractivity contribution in [3.8, 4) is 0 Å². The molecule has 132 valence electrons. The van der Waals surface area contributed by atoms with Crippen molar-refractivity contribution >= 4 is 17.2 Å². The predicted molar refractivity (Wildman–Crippen MR) is 95.0 cm³/mol. The van der Waals surface area contributed by atoms with Crippen LogP contribution in [0.1, 0.15) is 17.1 Å². The highest BCUT2D eigenvalue weighted by atomic mass is 16.6. The molecule has 1 aromatic carbocycles. The van der Waals surface area contributed by atoms with Crippen molar-refractivity contribution in [1.82, 2.24) is 9.97 Å². The van der Waals surface area contributed by atoms with Gasteiger partial charge >= 0.3 is 0 Å². The van der Waals surface area contributed by atoms with Crippen molar-refractivity contribution in [1.29, 1.82) is 0 Å². The zero-order valence-corrected chi connectivity index (χ0v) is 14.3. The Balaban J connectivity index is 1.79. The minimum Gasteiger partial charge on any atom is -0.392 e. The van der Waals surface area contributed by atoms with Gasteiger partial charge in [-0.15, -0.1) is 0 Å². The number of nitrogens with zero attached hydrogens (tertiary/aromatic N) is 5. The molecule has 1 aliphatic rings. The maximum atomic E-state index is 11.3. The summed E-state index contributed by atoms with van der Waals surface area (Å²) in [6, 6.07) is 6.71. The molecule has 25 heavy (non-hydrogen) atoms. The van der Waals surface area contributed by atoms with Crippen LogP contribution in [0.5, 0.6) is 0 Å². The fraction of sp³-hybridized carbons (Fsp3) is 0.412. The lowest BCUT2D eigenvalue weighted by Crippen LogP contribution is -2.47. The molecule has 0 saturated carbocycles. The molecule has 0 atom stereocenters. The lowest BCUT2D eigenvalue weighted by Gasteiger charge is -2.36. The third-order valence-corrected chi connectivity index (χ3v) is 4.32. The molecule has 3 rings (SSSR count). The van der Waals surface area contributed by atoms with Crippen LogP contribution in [0.2, 0.25) is 0 Å². The van der Waals surface area contributed by atoms with Gasteiger partial charge in [-0.05, 0) is 31.5 Å². The van der Waals surface area contributed by atoms with E-state index in [0.717, 1.165) is 30.4 Å². The van der Waals surface area contributed by atoms with Crippen LogP contribution >= 0.6 is 0 Å². The summed E-state index contributed by atoms with van der Waals surface area (Å²) >= 11 is 0. The van der Waals surface area contributed by atoms with Crippen molar-refractivity contribution in [3.05, 3.63) is 51.5 Å². The van der Waals surface area contributed by atoms with Gasteiger partial charge in [0.25, 0.3) is 5.69 Å². The number of anilines is 2. The predicted octanol–water partition coefficient (Wildman–Crippen LogP) is 1.82. The second-order valence-corrected chi connectivity index (χ2v) is 6.13. The van der Waals surface area contributed by atoms with E-state index in [4.69, 9.17) is 0 Å². The van der Waals surface area contributed by atoms with E-state index in [9.17, 15) is 15.2 Å². The van der Waals surface area contributed by atoms with Gasteiger partial charge in [-0.1, -0.05) is 0 Å². The Hall–Kier alpha value is -2.74.